The van der Waals surface area contributed by atoms with E-state index >= 15 is 0 Å². The van der Waals surface area contributed by atoms with Crippen LogP contribution in [-0.4, -0.2) is 85.1 Å². The van der Waals surface area contributed by atoms with Gasteiger partial charge in [-0.2, -0.15) is 4.31 Å². The Morgan fingerprint density at radius 3 is 2.38 bits per heavy atom. The smallest absolute Gasteiger partial charge is 0.409 e. The topological polar surface area (TPSA) is 100 Å². The molecule has 0 aromatic carbocycles. The number of amides is 2. The summed E-state index contributed by atoms with van der Waals surface area (Å²) in [6.07, 6.45) is 2.25. The summed E-state index contributed by atoms with van der Waals surface area (Å²) >= 11 is 0. The van der Waals surface area contributed by atoms with Crippen molar-refractivity contribution in [2.75, 3.05) is 45.6 Å². The molecule has 0 saturated carbocycles. The Hall–Kier alpha value is -2.20. The molecule has 0 aliphatic carbocycles. The van der Waals surface area contributed by atoms with E-state index in [0.717, 1.165) is 10.6 Å². The lowest BCUT2D eigenvalue weighted by Crippen LogP contribution is -2.53. The molecule has 1 aromatic rings. The quantitative estimate of drug-likeness (QED) is 0.692. The first-order valence-corrected chi connectivity index (χ1v) is 10.2. The highest BCUT2D eigenvalue weighted by atomic mass is 32.2. The van der Waals surface area contributed by atoms with Crippen molar-refractivity contribution in [3.8, 4) is 0 Å². The van der Waals surface area contributed by atoms with E-state index in [1.54, 1.807) is 36.2 Å². The summed E-state index contributed by atoms with van der Waals surface area (Å²) in [7, 11) is -3.57. The maximum Gasteiger partial charge on any atom is 0.409 e. The standard InChI is InChI=1S/C16H24N4O5S/c1-3-25-16(22)19-10-8-18(9-11-19)15(21)13-20(26(2,23)24)12-14-6-4-5-7-17-14/h4-7H,3,8-13H2,1-2H3. The van der Waals surface area contributed by atoms with Crippen LogP contribution in [0.15, 0.2) is 24.4 Å². The molecule has 2 heterocycles. The maximum absolute atomic E-state index is 12.5. The Balaban J connectivity index is 1.95. The molecule has 2 amide bonds. The molecule has 2 rings (SSSR count). The molecule has 1 saturated heterocycles. The van der Waals surface area contributed by atoms with Crippen LogP contribution in [0.1, 0.15) is 12.6 Å². The van der Waals surface area contributed by atoms with Crippen LogP contribution >= 0.6 is 0 Å². The predicted octanol–water partition coefficient (Wildman–Crippen LogP) is 0.144. The molecule has 144 valence electrons. The molecule has 0 radical (unpaired) electrons. The maximum atomic E-state index is 12.5. The molecule has 0 N–H and O–H groups in total. The lowest BCUT2D eigenvalue weighted by Gasteiger charge is -2.34. The number of nitrogens with zero attached hydrogens (tertiary/aromatic N) is 4. The van der Waals surface area contributed by atoms with Crippen LogP contribution in [0, 0.1) is 0 Å². The van der Waals surface area contributed by atoms with Gasteiger partial charge < -0.3 is 14.5 Å². The summed E-state index contributed by atoms with van der Waals surface area (Å²) in [5, 5.41) is 0. The molecule has 1 aliphatic heterocycles. The Morgan fingerprint density at radius 1 is 1.19 bits per heavy atom. The summed E-state index contributed by atoms with van der Waals surface area (Å²) in [5.41, 5.74) is 0.567. The van der Waals surface area contributed by atoms with E-state index in [1.165, 1.54) is 4.90 Å². The molecule has 1 fully saturated rings. The average molecular weight is 384 g/mol. The van der Waals surface area contributed by atoms with Gasteiger partial charge in [0.05, 0.1) is 31.6 Å². The Labute approximate surface area is 153 Å². The first-order chi connectivity index (χ1) is 12.3. The fraction of sp³-hybridized carbons (Fsp3) is 0.562. The number of sulfonamides is 1. The summed E-state index contributed by atoms with van der Waals surface area (Å²) in [5.74, 6) is -0.296. The first-order valence-electron chi connectivity index (χ1n) is 8.35. The van der Waals surface area contributed by atoms with Crippen LogP contribution in [0.3, 0.4) is 0 Å². The van der Waals surface area contributed by atoms with Crippen LogP contribution in [0.4, 0.5) is 4.79 Å². The second kappa shape index (κ2) is 8.95. The molecule has 26 heavy (non-hydrogen) atoms. The average Bonchev–Trinajstić information content (AvgIpc) is 2.61. The number of piperazine rings is 1. The van der Waals surface area contributed by atoms with E-state index in [4.69, 9.17) is 4.74 Å². The molecular formula is C16H24N4O5S. The summed E-state index contributed by atoms with van der Waals surface area (Å²) in [6.45, 7) is 3.24. The van der Waals surface area contributed by atoms with E-state index in [9.17, 15) is 18.0 Å². The fourth-order valence-corrected chi connectivity index (χ4v) is 3.28. The lowest BCUT2D eigenvalue weighted by molar-refractivity contribution is -0.133. The number of hydrogen-bond donors (Lipinski definition) is 0. The number of carbonyl (C=O) groups is 2. The zero-order chi connectivity index (χ0) is 19.2. The second-order valence-electron chi connectivity index (χ2n) is 5.92. The van der Waals surface area contributed by atoms with Crippen molar-refractivity contribution in [2.45, 2.75) is 13.5 Å². The summed E-state index contributed by atoms with van der Waals surface area (Å²) < 4.78 is 30.1. The summed E-state index contributed by atoms with van der Waals surface area (Å²) in [6, 6.07) is 5.21. The zero-order valence-electron chi connectivity index (χ0n) is 15.0. The Kier molecular flexibility index (Phi) is 6.92. The number of hydrogen-bond acceptors (Lipinski definition) is 6. The van der Waals surface area contributed by atoms with Gasteiger partial charge in [-0.25, -0.2) is 13.2 Å². The Morgan fingerprint density at radius 2 is 1.85 bits per heavy atom. The predicted molar refractivity (Wildman–Crippen MR) is 94.7 cm³/mol. The van der Waals surface area contributed by atoms with Crippen LogP contribution in [0.25, 0.3) is 0 Å². The van der Waals surface area contributed by atoms with Gasteiger partial charge in [0.25, 0.3) is 0 Å². The number of rotatable bonds is 6. The number of carbonyl (C=O) groups excluding carboxylic acids is 2. The van der Waals surface area contributed by atoms with Crippen LogP contribution < -0.4 is 0 Å². The third kappa shape index (κ3) is 5.67. The van der Waals surface area contributed by atoms with Gasteiger partial charge in [0, 0.05) is 32.4 Å². The molecule has 1 aromatic heterocycles. The molecule has 9 nitrogen and oxygen atoms in total. The third-order valence-electron chi connectivity index (χ3n) is 4.00. The van der Waals surface area contributed by atoms with Gasteiger partial charge in [-0.05, 0) is 19.1 Å². The Bertz CT molecular complexity index is 717. The van der Waals surface area contributed by atoms with Gasteiger partial charge >= 0.3 is 6.09 Å². The van der Waals surface area contributed by atoms with Gasteiger partial charge in [-0.3, -0.25) is 9.78 Å². The molecule has 0 unspecified atom stereocenters. The van der Waals surface area contributed by atoms with Crippen LogP contribution in [0.2, 0.25) is 0 Å². The van der Waals surface area contributed by atoms with Crippen molar-refractivity contribution in [3.63, 3.8) is 0 Å². The van der Waals surface area contributed by atoms with E-state index in [-0.39, 0.29) is 19.0 Å². The normalized spacial score (nSPS) is 15.2. The van der Waals surface area contributed by atoms with Gasteiger partial charge in [-0.15, -0.1) is 0 Å². The number of ether oxygens (including phenoxy) is 1. The highest BCUT2D eigenvalue weighted by molar-refractivity contribution is 7.88. The minimum atomic E-state index is -3.57. The number of pyridine rings is 1. The molecular weight excluding hydrogens is 360 g/mol. The zero-order valence-corrected chi connectivity index (χ0v) is 15.8. The highest BCUT2D eigenvalue weighted by Crippen LogP contribution is 2.09. The molecule has 1 aliphatic rings. The van der Waals surface area contributed by atoms with E-state index < -0.39 is 16.1 Å². The molecule has 0 spiro atoms. The van der Waals surface area contributed by atoms with Crippen molar-refractivity contribution >= 4 is 22.0 Å². The van der Waals surface area contributed by atoms with Crippen molar-refractivity contribution in [1.29, 1.82) is 0 Å². The van der Waals surface area contributed by atoms with Gasteiger partial charge in [0.2, 0.25) is 15.9 Å². The second-order valence-corrected chi connectivity index (χ2v) is 7.90. The minimum Gasteiger partial charge on any atom is -0.450 e. The van der Waals surface area contributed by atoms with Crippen molar-refractivity contribution in [1.82, 2.24) is 19.1 Å². The van der Waals surface area contributed by atoms with Crippen molar-refractivity contribution in [2.24, 2.45) is 0 Å². The van der Waals surface area contributed by atoms with Crippen LogP contribution in [-0.2, 0) is 26.1 Å². The number of aromatic nitrogens is 1. The van der Waals surface area contributed by atoms with E-state index in [2.05, 4.69) is 4.98 Å². The van der Waals surface area contributed by atoms with E-state index in [1.807, 2.05) is 0 Å². The van der Waals surface area contributed by atoms with E-state index in [0.29, 0.717) is 38.5 Å². The van der Waals surface area contributed by atoms with Crippen molar-refractivity contribution in [3.05, 3.63) is 30.1 Å². The molecule has 0 atom stereocenters. The SMILES string of the molecule is CCOC(=O)N1CCN(C(=O)CN(Cc2ccccn2)S(C)(=O)=O)CC1. The van der Waals surface area contributed by atoms with Gasteiger partial charge in [0.15, 0.2) is 0 Å². The van der Waals surface area contributed by atoms with Gasteiger partial charge in [-0.1, -0.05) is 6.07 Å². The fourth-order valence-electron chi connectivity index (χ4n) is 2.57. The summed E-state index contributed by atoms with van der Waals surface area (Å²) in [4.78, 5) is 31.4. The largest absolute Gasteiger partial charge is 0.450 e. The van der Waals surface area contributed by atoms with Crippen molar-refractivity contribution < 1.29 is 22.7 Å². The highest BCUT2D eigenvalue weighted by Gasteiger charge is 2.28. The third-order valence-corrected chi connectivity index (χ3v) is 5.20. The minimum absolute atomic E-state index is 0.0359. The molecule has 0 bridgehead atoms. The lowest BCUT2D eigenvalue weighted by atomic mass is 10.3. The molecule has 10 heteroatoms. The van der Waals surface area contributed by atoms with Crippen LogP contribution in [0.5, 0.6) is 0 Å². The first kappa shape index (κ1) is 20.1. The van der Waals surface area contributed by atoms with Gasteiger partial charge in [0.1, 0.15) is 0 Å². The monoisotopic (exact) mass is 384 g/mol.